The van der Waals surface area contributed by atoms with E-state index in [0.29, 0.717) is 12.4 Å². The topological polar surface area (TPSA) is 48.1 Å². The lowest BCUT2D eigenvalue weighted by Crippen LogP contribution is -2.00. The number of nitrogens with two attached hydrogens (primary N) is 1. The third kappa shape index (κ3) is 1.25. The minimum absolute atomic E-state index is 0.469. The highest BCUT2D eigenvalue weighted by atomic mass is 16.5. The van der Waals surface area contributed by atoms with Crippen LogP contribution in [0.3, 0.4) is 0 Å². The van der Waals surface area contributed by atoms with E-state index in [0.717, 1.165) is 5.56 Å². The number of ether oxygens (including phenoxy) is 1. The number of hydrogen-bond donors (Lipinski definition) is 1. The summed E-state index contributed by atoms with van der Waals surface area (Å²) in [6.45, 7) is 0.469. The van der Waals surface area contributed by atoms with Crippen LogP contribution < -0.4 is 10.5 Å². The van der Waals surface area contributed by atoms with Crippen LogP contribution in [0.4, 0.5) is 0 Å². The van der Waals surface area contributed by atoms with Gasteiger partial charge in [-0.1, -0.05) is 6.07 Å². The molecule has 0 aliphatic heterocycles. The molecule has 1 rings (SSSR count). The lowest BCUT2D eigenvalue weighted by Gasteiger charge is -2.02. The van der Waals surface area contributed by atoms with Gasteiger partial charge in [-0.15, -0.1) is 0 Å². The van der Waals surface area contributed by atoms with Crippen molar-refractivity contribution in [2.45, 2.75) is 6.54 Å². The highest BCUT2D eigenvalue weighted by Gasteiger charge is 1.97. The molecule has 0 radical (unpaired) electrons. The van der Waals surface area contributed by atoms with E-state index >= 15 is 0 Å². The minimum Gasteiger partial charge on any atom is -0.481 e. The van der Waals surface area contributed by atoms with Gasteiger partial charge in [0.15, 0.2) is 0 Å². The fourth-order valence-corrected chi connectivity index (χ4v) is 0.763. The third-order valence-corrected chi connectivity index (χ3v) is 1.26. The van der Waals surface area contributed by atoms with E-state index in [-0.39, 0.29) is 0 Å². The van der Waals surface area contributed by atoms with Crippen LogP contribution in [0.1, 0.15) is 5.56 Å². The predicted octanol–water partition coefficient (Wildman–Crippen LogP) is 0.549. The maximum Gasteiger partial charge on any atom is 0.217 e. The zero-order valence-corrected chi connectivity index (χ0v) is 5.87. The number of nitrogens with zero attached hydrogens (tertiary/aromatic N) is 1. The molecule has 0 spiro atoms. The molecule has 0 unspecified atom stereocenters. The molecule has 0 bridgehead atoms. The molecule has 0 aliphatic carbocycles. The van der Waals surface area contributed by atoms with Crippen LogP contribution in [0.25, 0.3) is 0 Å². The van der Waals surface area contributed by atoms with Gasteiger partial charge in [-0.05, 0) is 6.07 Å². The molecule has 54 valence electrons. The van der Waals surface area contributed by atoms with Gasteiger partial charge in [0.25, 0.3) is 0 Å². The van der Waals surface area contributed by atoms with E-state index in [1.165, 1.54) is 0 Å². The minimum atomic E-state index is 0.469. The third-order valence-electron chi connectivity index (χ3n) is 1.26. The van der Waals surface area contributed by atoms with E-state index in [9.17, 15) is 0 Å². The Balaban J connectivity index is 2.96. The van der Waals surface area contributed by atoms with Crippen molar-refractivity contribution < 1.29 is 4.74 Å². The number of rotatable bonds is 2. The maximum atomic E-state index is 5.41. The smallest absolute Gasteiger partial charge is 0.217 e. The zero-order valence-electron chi connectivity index (χ0n) is 5.87. The largest absolute Gasteiger partial charge is 0.481 e. The van der Waals surface area contributed by atoms with Gasteiger partial charge < -0.3 is 10.5 Å². The van der Waals surface area contributed by atoms with Crippen LogP contribution in [-0.2, 0) is 6.54 Å². The summed E-state index contributed by atoms with van der Waals surface area (Å²) in [4.78, 5) is 3.97. The van der Waals surface area contributed by atoms with E-state index in [1.54, 1.807) is 13.3 Å². The first-order valence-electron chi connectivity index (χ1n) is 3.06. The molecule has 0 aromatic carbocycles. The van der Waals surface area contributed by atoms with E-state index in [4.69, 9.17) is 10.5 Å². The molecular weight excluding hydrogens is 128 g/mol. The monoisotopic (exact) mass is 138 g/mol. The van der Waals surface area contributed by atoms with Crippen molar-refractivity contribution in [2.75, 3.05) is 7.11 Å². The molecule has 3 heteroatoms. The van der Waals surface area contributed by atoms with Gasteiger partial charge in [-0.3, -0.25) is 0 Å². The van der Waals surface area contributed by atoms with Crippen LogP contribution in [0.15, 0.2) is 18.3 Å². The van der Waals surface area contributed by atoms with Crippen molar-refractivity contribution in [1.29, 1.82) is 0 Å². The van der Waals surface area contributed by atoms with E-state index in [1.807, 2.05) is 12.1 Å². The Labute approximate surface area is 59.8 Å². The second kappa shape index (κ2) is 3.17. The first-order valence-corrected chi connectivity index (χ1v) is 3.06. The van der Waals surface area contributed by atoms with Crippen LogP contribution in [0.5, 0.6) is 5.88 Å². The average Bonchev–Trinajstić information content (AvgIpc) is 2.04. The molecule has 0 aliphatic rings. The Hall–Kier alpha value is -1.09. The quantitative estimate of drug-likeness (QED) is 0.649. The summed E-state index contributed by atoms with van der Waals surface area (Å²) in [6.07, 6.45) is 1.68. The van der Waals surface area contributed by atoms with Gasteiger partial charge in [0.1, 0.15) is 0 Å². The Morgan fingerprint density at radius 2 is 2.50 bits per heavy atom. The Bertz CT molecular complexity index is 190. The maximum absolute atomic E-state index is 5.41. The SMILES string of the molecule is COc1ncccc1CN. The van der Waals surface area contributed by atoms with Gasteiger partial charge >= 0.3 is 0 Å². The van der Waals surface area contributed by atoms with Gasteiger partial charge in [0, 0.05) is 18.3 Å². The Morgan fingerprint density at radius 3 is 3.00 bits per heavy atom. The highest BCUT2D eigenvalue weighted by molar-refractivity contribution is 5.24. The van der Waals surface area contributed by atoms with Crippen molar-refractivity contribution in [3.8, 4) is 5.88 Å². The molecule has 2 N–H and O–H groups in total. The number of aromatic nitrogens is 1. The molecule has 0 atom stereocenters. The summed E-state index contributed by atoms with van der Waals surface area (Å²) < 4.78 is 4.95. The molecule has 10 heavy (non-hydrogen) atoms. The molecule has 0 saturated heterocycles. The average molecular weight is 138 g/mol. The van der Waals surface area contributed by atoms with Crippen molar-refractivity contribution >= 4 is 0 Å². The second-order valence-electron chi connectivity index (χ2n) is 1.88. The normalized spacial score (nSPS) is 9.40. The van der Waals surface area contributed by atoms with Gasteiger partial charge in [0.2, 0.25) is 5.88 Å². The Kier molecular flexibility index (Phi) is 2.23. The molecule has 3 nitrogen and oxygen atoms in total. The zero-order chi connectivity index (χ0) is 7.40. The molecule has 1 aromatic heterocycles. The molecule has 1 heterocycles. The lowest BCUT2D eigenvalue weighted by molar-refractivity contribution is 0.392. The summed E-state index contributed by atoms with van der Waals surface area (Å²) >= 11 is 0. The van der Waals surface area contributed by atoms with Crippen LogP contribution in [-0.4, -0.2) is 12.1 Å². The van der Waals surface area contributed by atoms with Gasteiger partial charge in [-0.25, -0.2) is 4.98 Å². The van der Waals surface area contributed by atoms with Crippen molar-refractivity contribution in [3.63, 3.8) is 0 Å². The molecule has 1 aromatic rings. The standard InChI is InChI=1S/C7H10N2O/c1-10-7-6(5-8)3-2-4-9-7/h2-4H,5,8H2,1H3. The number of methoxy groups -OCH3 is 1. The summed E-state index contributed by atoms with van der Waals surface area (Å²) in [5.74, 6) is 0.616. The van der Waals surface area contributed by atoms with Crippen LogP contribution in [0.2, 0.25) is 0 Å². The predicted molar refractivity (Wildman–Crippen MR) is 38.7 cm³/mol. The van der Waals surface area contributed by atoms with Crippen LogP contribution >= 0.6 is 0 Å². The first-order chi connectivity index (χ1) is 4.88. The summed E-state index contributed by atoms with van der Waals surface area (Å²) in [7, 11) is 1.58. The highest BCUT2D eigenvalue weighted by Crippen LogP contribution is 2.11. The lowest BCUT2D eigenvalue weighted by atomic mass is 10.3. The number of pyridine rings is 1. The molecule has 0 fully saturated rings. The summed E-state index contributed by atoms with van der Waals surface area (Å²) in [5.41, 5.74) is 6.34. The van der Waals surface area contributed by atoms with Gasteiger partial charge in [0.05, 0.1) is 7.11 Å². The fraction of sp³-hybridized carbons (Fsp3) is 0.286. The molecule has 0 saturated carbocycles. The van der Waals surface area contributed by atoms with E-state index in [2.05, 4.69) is 4.98 Å². The van der Waals surface area contributed by atoms with Crippen molar-refractivity contribution in [3.05, 3.63) is 23.9 Å². The van der Waals surface area contributed by atoms with Crippen molar-refractivity contribution in [2.24, 2.45) is 5.73 Å². The van der Waals surface area contributed by atoms with Crippen LogP contribution in [0, 0.1) is 0 Å². The number of hydrogen-bond acceptors (Lipinski definition) is 3. The fourth-order valence-electron chi connectivity index (χ4n) is 0.763. The molecule has 0 amide bonds. The molecular formula is C7H10N2O. The summed E-state index contributed by atoms with van der Waals surface area (Å²) in [5, 5.41) is 0. The van der Waals surface area contributed by atoms with Crippen molar-refractivity contribution in [1.82, 2.24) is 4.98 Å². The van der Waals surface area contributed by atoms with Gasteiger partial charge in [-0.2, -0.15) is 0 Å². The second-order valence-corrected chi connectivity index (χ2v) is 1.88. The first kappa shape index (κ1) is 7.02. The summed E-state index contributed by atoms with van der Waals surface area (Å²) in [6, 6.07) is 3.73. The Morgan fingerprint density at radius 1 is 1.70 bits per heavy atom. The van der Waals surface area contributed by atoms with E-state index < -0.39 is 0 Å².